The van der Waals surface area contributed by atoms with Gasteiger partial charge in [0.1, 0.15) is 6.54 Å². The first-order valence-electron chi connectivity index (χ1n) is 6.51. The normalized spacial score (nSPS) is 12.5. The molecule has 1 unspecified atom stereocenters. The highest BCUT2D eigenvalue weighted by Gasteiger charge is 2.06. The average molecular weight is 261 g/mol. The van der Waals surface area contributed by atoms with Gasteiger partial charge in [0.05, 0.1) is 23.5 Å². The minimum absolute atomic E-state index is 0.0336. The van der Waals surface area contributed by atoms with E-state index in [4.69, 9.17) is 5.11 Å². The fraction of sp³-hybridized carbons (Fsp3) is 0.429. The van der Waals surface area contributed by atoms with Gasteiger partial charge in [0.2, 0.25) is 5.91 Å². The van der Waals surface area contributed by atoms with Crippen molar-refractivity contribution in [2.45, 2.75) is 32.4 Å². The number of fused-ring (bicyclic) bond motifs is 1. The van der Waals surface area contributed by atoms with Crippen molar-refractivity contribution < 1.29 is 9.90 Å². The molecule has 5 heteroatoms. The average Bonchev–Trinajstić information content (AvgIpc) is 2.78. The lowest BCUT2D eigenvalue weighted by atomic mass is 10.2. The van der Waals surface area contributed by atoms with Crippen LogP contribution in [0.15, 0.2) is 30.6 Å². The zero-order valence-electron chi connectivity index (χ0n) is 11.0. The number of aliphatic hydroxyl groups excluding tert-OH is 1. The van der Waals surface area contributed by atoms with Gasteiger partial charge in [-0.2, -0.15) is 0 Å². The van der Waals surface area contributed by atoms with Gasteiger partial charge in [-0.05, 0) is 31.9 Å². The van der Waals surface area contributed by atoms with E-state index in [0.29, 0.717) is 13.0 Å². The largest absolute Gasteiger partial charge is 0.393 e. The minimum Gasteiger partial charge on any atom is -0.393 e. The topological polar surface area (TPSA) is 67.2 Å². The molecule has 0 radical (unpaired) electrons. The van der Waals surface area contributed by atoms with Gasteiger partial charge >= 0.3 is 0 Å². The molecule has 1 aromatic heterocycles. The van der Waals surface area contributed by atoms with Gasteiger partial charge in [0, 0.05) is 6.54 Å². The lowest BCUT2D eigenvalue weighted by Gasteiger charge is -2.07. The Labute approximate surface area is 112 Å². The molecule has 1 amide bonds. The first kappa shape index (κ1) is 13.5. The molecular weight excluding hydrogens is 242 g/mol. The molecule has 0 spiro atoms. The van der Waals surface area contributed by atoms with E-state index in [9.17, 15) is 4.79 Å². The number of aromatic nitrogens is 2. The van der Waals surface area contributed by atoms with Crippen molar-refractivity contribution in [3.63, 3.8) is 0 Å². The van der Waals surface area contributed by atoms with Crippen LogP contribution in [0.1, 0.15) is 19.8 Å². The Morgan fingerprint density at radius 2 is 2.26 bits per heavy atom. The second-order valence-corrected chi connectivity index (χ2v) is 4.70. The van der Waals surface area contributed by atoms with E-state index in [1.807, 2.05) is 28.8 Å². The highest BCUT2D eigenvalue weighted by atomic mass is 16.3. The summed E-state index contributed by atoms with van der Waals surface area (Å²) in [5.74, 6) is -0.0336. The summed E-state index contributed by atoms with van der Waals surface area (Å²) >= 11 is 0. The first-order chi connectivity index (χ1) is 9.16. The molecule has 2 N–H and O–H groups in total. The number of benzene rings is 1. The summed E-state index contributed by atoms with van der Waals surface area (Å²) in [7, 11) is 0. The highest BCUT2D eigenvalue weighted by molar-refractivity contribution is 5.80. The first-order valence-corrected chi connectivity index (χ1v) is 6.51. The molecule has 19 heavy (non-hydrogen) atoms. The van der Waals surface area contributed by atoms with E-state index >= 15 is 0 Å². The van der Waals surface area contributed by atoms with Crippen molar-refractivity contribution >= 4 is 16.9 Å². The predicted octanol–water partition coefficient (Wildman–Crippen LogP) is 1.31. The number of para-hydroxylation sites is 2. The van der Waals surface area contributed by atoms with Gasteiger partial charge in [-0.15, -0.1) is 0 Å². The molecule has 0 aliphatic rings. The third-order valence-corrected chi connectivity index (χ3v) is 2.96. The molecule has 0 bridgehead atoms. The van der Waals surface area contributed by atoms with Gasteiger partial charge in [-0.1, -0.05) is 12.1 Å². The van der Waals surface area contributed by atoms with E-state index in [-0.39, 0.29) is 18.6 Å². The fourth-order valence-corrected chi connectivity index (χ4v) is 1.97. The maximum atomic E-state index is 11.8. The van der Waals surface area contributed by atoms with Crippen LogP contribution < -0.4 is 5.32 Å². The number of nitrogens with one attached hydrogen (secondary N) is 1. The van der Waals surface area contributed by atoms with E-state index in [0.717, 1.165) is 17.5 Å². The van der Waals surface area contributed by atoms with Crippen LogP contribution in [0.25, 0.3) is 11.0 Å². The number of imidazole rings is 1. The van der Waals surface area contributed by atoms with Gasteiger partial charge in [0.25, 0.3) is 0 Å². The maximum Gasteiger partial charge on any atom is 0.239 e. The number of hydrogen-bond donors (Lipinski definition) is 2. The molecule has 0 saturated carbocycles. The van der Waals surface area contributed by atoms with Crippen LogP contribution in [0, 0.1) is 0 Å². The van der Waals surface area contributed by atoms with Crippen LogP contribution in [0.3, 0.4) is 0 Å². The quantitative estimate of drug-likeness (QED) is 0.770. The molecule has 1 aromatic carbocycles. The number of carbonyl (C=O) groups excluding carboxylic acids is 1. The van der Waals surface area contributed by atoms with E-state index in [1.165, 1.54) is 0 Å². The van der Waals surface area contributed by atoms with Crippen molar-refractivity contribution in [1.29, 1.82) is 0 Å². The number of amides is 1. The molecule has 2 rings (SSSR count). The van der Waals surface area contributed by atoms with Crippen molar-refractivity contribution in [3.05, 3.63) is 30.6 Å². The summed E-state index contributed by atoms with van der Waals surface area (Å²) in [6.07, 6.45) is 2.86. The lowest BCUT2D eigenvalue weighted by Crippen LogP contribution is -2.28. The predicted molar refractivity (Wildman–Crippen MR) is 73.7 cm³/mol. The van der Waals surface area contributed by atoms with Gasteiger partial charge in [0.15, 0.2) is 0 Å². The summed E-state index contributed by atoms with van der Waals surface area (Å²) in [6, 6.07) is 7.73. The van der Waals surface area contributed by atoms with Crippen molar-refractivity contribution in [3.8, 4) is 0 Å². The number of nitrogens with zero attached hydrogens (tertiary/aromatic N) is 2. The smallest absolute Gasteiger partial charge is 0.239 e. The Kier molecular flexibility index (Phi) is 4.52. The van der Waals surface area contributed by atoms with Crippen LogP contribution in [-0.2, 0) is 11.3 Å². The summed E-state index contributed by atoms with van der Waals surface area (Å²) in [4.78, 5) is 16.0. The maximum absolute atomic E-state index is 11.8. The molecular formula is C14H19N3O2. The second kappa shape index (κ2) is 6.33. The zero-order chi connectivity index (χ0) is 13.7. The second-order valence-electron chi connectivity index (χ2n) is 4.70. The summed E-state index contributed by atoms with van der Waals surface area (Å²) in [5, 5.41) is 12.0. The SMILES string of the molecule is CC(O)CCCNC(=O)Cn1cnc2ccccc21. The highest BCUT2D eigenvalue weighted by Crippen LogP contribution is 2.11. The molecule has 0 aliphatic carbocycles. The number of rotatable bonds is 6. The number of hydrogen-bond acceptors (Lipinski definition) is 3. The molecule has 0 aliphatic heterocycles. The standard InChI is InChI=1S/C14H19N3O2/c1-11(18)5-4-8-15-14(19)9-17-10-16-12-6-2-3-7-13(12)17/h2-3,6-7,10-11,18H,4-5,8-9H2,1H3,(H,15,19). The molecule has 5 nitrogen and oxygen atoms in total. The van der Waals surface area contributed by atoms with Crippen molar-refractivity contribution in [1.82, 2.24) is 14.9 Å². The summed E-state index contributed by atoms with van der Waals surface area (Å²) in [6.45, 7) is 2.62. The van der Waals surface area contributed by atoms with E-state index in [2.05, 4.69) is 10.3 Å². The Balaban J connectivity index is 1.85. The van der Waals surface area contributed by atoms with Crippen molar-refractivity contribution in [2.75, 3.05) is 6.54 Å². The molecule has 2 aromatic rings. The third kappa shape index (κ3) is 3.79. The number of aliphatic hydroxyl groups is 1. The summed E-state index contributed by atoms with van der Waals surface area (Å²) in [5.41, 5.74) is 1.85. The Hall–Kier alpha value is -1.88. The van der Waals surface area contributed by atoms with Crippen LogP contribution in [0.2, 0.25) is 0 Å². The molecule has 0 saturated heterocycles. The van der Waals surface area contributed by atoms with Crippen LogP contribution in [0.5, 0.6) is 0 Å². The van der Waals surface area contributed by atoms with Gasteiger partial charge in [-0.3, -0.25) is 4.79 Å². The zero-order valence-corrected chi connectivity index (χ0v) is 11.0. The summed E-state index contributed by atoms with van der Waals surface area (Å²) < 4.78 is 1.83. The van der Waals surface area contributed by atoms with E-state index < -0.39 is 0 Å². The van der Waals surface area contributed by atoms with Crippen molar-refractivity contribution in [2.24, 2.45) is 0 Å². The number of carbonyl (C=O) groups is 1. The Bertz CT molecular complexity index is 548. The van der Waals surface area contributed by atoms with E-state index in [1.54, 1.807) is 13.3 Å². The minimum atomic E-state index is -0.311. The Morgan fingerprint density at radius 1 is 1.47 bits per heavy atom. The lowest BCUT2D eigenvalue weighted by molar-refractivity contribution is -0.121. The fourth-order valence-electron chi connectivity index (χ4n) is 1.97. The van der Waals surface area contributed by atoms with Crippen LogP contribution in [-0.4, -0.2) is 33.2 Å². The van der Waals surface area contributed by atoms with Crippen LogP contribution in [0.4, 0.5) is 0 Å². The monoisotopic (exact) mass is 261 g/mol. The third-order valence-electron chi connectivity index (χ3n) is 2.96. The van der Waals surface area contributed by atoms with Crippen LogP contribution >= 0.6 is 0 Å². The molecule has 1 atom stereocenters. The van der Waals surface area contributed by atoms with Gasteiger partial charge < -0.3 is 15.0 Å². The molecule has 0 fully saturated rings. The molecule has 1 heterocycles. The van der Waals surface area contributed by atoms with Gasteiger partial charge in [-0.25, -0.2) is 4.98 Å². The molecule has 102 valence electrons. The Morgan fingerprint density at radius 3 is 3.05 bits per heavy atom.